The Morgan fingerprint density at radius 2 is 2.07 bits per heavy atom. The summed E-state index contributed by atoms with van der Waals surface area (Å²) in [7, 11) is 1.70. The van der Waals surface area contributed by atoms with E-state index in [4.69, 9.17) is 21.1 Å². The minimum absolute atomic E-state index is 0.00481. The predicted octanol–water partition coefficient (Wildman–Crippen LogP) is 1.22. The first kappa shape index (κ1) is 20.8. The number of hydrogen-bond donors (Lipinski definition) is 4. The van der Waals surface area contributed by atoms with Gasteiger partial charge in [-0.2, -0.15) is 0 Å². The van der Waals surface area contributed by atoms with Crippen molar-refractivity contribution in [2.45, 2.75) is 43.7 Å². The average molecular weight is 427 g/mol. The highest BCUT2D eigenvalue weighted by atomic mass is 35.5. The van der Waals surface area contributed by atoms with Gasteiger partial charge in [0.2, 0.25) is 0 Å². The van der Waals surface area contributed by atoms with E-state index in [9.17, 15) is 9.18 Å². The fourth-order valence-corrected chi connectivity index (χ4v) is 4.83. The van der Waals surface area contributed by atoms with E-state index < -0.39 is 5.82 Å². The number of rotatable bonds is 7. The lowest BCUT2D eigenvalue weighted by Crippen LogP contribution is -2.63. The van der Waals surface area contributed by atoms with Gasteiger partial charge in [0.05, 0.1) is 11.2 Å². The third-order valence-corrected chi connectivity index (χ3v) is 6.60. The Balaban J connectivity index is 1.26. The minimum Gasteiger partial charge on any atom is -0.484 e. The van der Waals surface area contributed by atoms with Crippen molar-refractivity contribution in [3.8, 4) is 5.75 Å². The van der Waals surface area contributed by atoms with Crippen LogP contribution in [0.25, 0.3) is 0 Å². The number of fused-ring (bicyclic) bond motifs is 1. The molecule has 160 valence electrons. The molecule has 3 aliphatic rings. The van der Waals surface area contributed by atoms with Gasteiger partial charge in [0.1, 0.15) is 17.8 Å². The molecular formula is C20H28ClFN4O3. The van der Waals surface area contributed by atoms with Crippen LogP contribution in [0.15, 0.2) is 18.2 Å². The van der Waals surface area contributed by atoms with Gasteiger partial charge in [0.25, 0.3) is 5.91 Å². The maximum absolute atomic E-state index is 13.5. The monoisotopic (exact) mass is 426 g/mol. The number of methoxy groups -OCH3 is 1. The van der Waals surface area contributed by atoms with Crippen molar-refractivity contribution in [3.63, 3.8) is 0 Å². The number of carbonyl (C=O) groups is 1. The van der Waals surface area contributed by atoms with E-state index in [1.807, 2.05) is 0 Å². The normalized spacial score (nSPS) is 33.6. The zero-order valence-corrected chi connectivity index (χ0v) is 17.2. The second kappa shape index (κ2) is 9.14. The van der Waals surface area contributed by atoms with Crippen LogP contribution in [0.5, 0.6) is 5.75 Å². The lowest BCUT2D eigenvalue weighted by molar-refractivity contribution is -0.124. The summed E-state index contributed by atoms with van der Waals surface area (Å²) in [6.07, 6.45) is 3.37. The largest absolute Gasteiger partial charge is 0.484 e. The van der Waals surface area contributed by atoms with Gasteiger partial charge in [-0.15, -0.1) is 0 Å². The number of hydrogen-bond acceptors (Lipinski definition) is 6. The summed E-state index contributed by atoms with van der Waals surface area (Å²) in [5, 5.41) is 13.6. The first-order chi connectivity index (χ1) is 14.0. The van der Waals surface area contributed by atoms with E-state index >= 15 is 0 Å². The van der Waals surface area contributed by atoms with Crippen molar-refractivity contribution in [2.24, 2.45) is 11.8 Å². The lowest BCUT2D eigenvalue weighted by Gasteiger charge is -2.39. The summed E-state index contributed by atoms with van der Waals surface area (Å²) in [4.78, 5) is 12.4. The van der Waals surface area contributed by atoms with E-state index in [1.165, 1.54) is 18.6 Å². The fraction of sp³-hybridized carbons (Fsp3) is 0.650. The lowest BCUT2D eigenvalue weighted by atomic mass is 9.73. The third-order valence-electron chi connectivity index (χ3n) is 6.30. The molecule has 1 aromatic carbocycles. The van der Waals surface area contributed by atoms with Gasteiger partial charge in [-0.25, -0.2) is 4.39 Å². The summed E-state index contributed by atoms with van der Waals surface area (Å²) >= 11 is 5.66. The number of amides is 1. The standard InChI is InChI=1S/C20H28ClFN4O3/c1-28-20-9-23-8-18(26-20)24-16-7-17(13-4-3-12(13)16)25-19(27)10-29-11-2-5-14(21)15(22)6-11/h2,5-6,12-13,16-18,20,23-24,26H,3-4,7-10H2,1H3,(H,25,27)/t12?,13?,16?,17-,18?,20?/m0/s1. The molecule has 4 N–H and O–H groups in total. The van der Waals surface area contributed by atoms with Crippen molar-refractivity contribution >= 4 is 17.5 Å². The molecule has 6 atom stereocenters. The van der Waals surface area contributed by atoms with Crippen LogP contribution < -0.4 is 26.0 Å². The molecule has 0 bridgehead atoms. The van der Waals surface area contributed by atoms with E-state index in [0.717, 1.165) is 25.9 Å². The Morgan fingerprint density at radius 3 is 2.79 bits per heavy atom. The highest BCUT2D eigenvalue weighted by Crippen LogP contribution is 2.47. The van der Waals surface area contributed by atoms with Gasteiger partial charge >= 0.3 is 0 Å². The number of halogens is 2. The molecule has 1 aromatic rings. The number of ether oxygens (including phenoxy) is 2. The molecule has 0 aromatic heterocycles. The molecule has 1 saturated heterocycles. The summed E-state index contributed by atoms with van der Waals surface area (Å²) in [6.45, 7) is 1.49. The second-order valence-corrected chi connectivity index (χ2v) is 8.46. The van der Waals surface area contributed by atoms with E-state index in [1.54, 1.807) is 13.2 Å². The number of benzene rings is 1. The highest BCUT2D eigenvalue weighted by molar-refractivity contribution is 6.30. The number of carbonyl (C=O) groups excluding carboxylic acids is 1. The molecule has 7 nitrogen and oxygen atoms in total. The molecule has 29 heavy (non-hydrogen) atoms. The van der Waals surface area contributed by atoms with Crippen LogP contribution in [0.1, 0.15) is 19.3 Å². The molecule has 5 unspecified atom stereocenters. The molecule has 1 aliphatic heterocycles. The first-order valence-electron chi connectivity index (χ1n) is 10.2. The molecule has 3 fully saturated rings. The quantitative estimate of drug-likeness (QED) is 0.525. The molecule has 1 amide bonds. The van der Waals surface area contributed by atoms with Gasteiger partial charge in [-0.3, -0.25) is 15.4 Å². The van der Waals surface area contributed by atoms with Crippen LogP contribution in [0.2, 0.25) is 5.02 Å². The molecule has 2 aliphatic carbocycles. The second-order valence-electron chi connectivity index (χ2n) is 8.05. The molecule has 9 heteroatoms. The third kappa shape index (κ3) is 4.83. The molecule has 1 heterocycles. The Bertz CT molecular complexity index is 740. The summed E-state index contributed by atoms with van der Waals surface area (Å²) in [5.41, 5.74) is 0. The van der Waals surface area contributed by atoms with E-state index in [0.29, 0.717) is 17.9 Å². The minimum atomic E-state index is -0.562. The SMILES string of the molecule is COC1CNCC(NC2C[C@H](NC(=O)COc3ccc(Cl)c(F)c3)C3CCC23)N1. The fourth-order valence-electron chi connectivity index (χ4n) is 4.71. The van der Waals surface area contributed by atoms with Crippen LogP contribution in [-0.2, 0) is 9.53 Å². The van der Waals surface area contributed by atoms with Gasteiger partial charge in [0.15, 0.2) is 6.61 Å². The van der Waals surface area contributed by atoms with Crippen LogP contribution in [0.4, 0.5) is 4.39 Å². The zero-order valence-electron chi connectivity index (χ0n) is 16.4. The van der Waals surface area contributed by atoms with Gasteiger partial charge in [0, 0.05) is 38.3 Å². The van der Waals surface area contributed by atoms with Crippen LogP contribution in [0, 0.1) is 17.7 Å². The van der Waals surface area contributed by atoms with E-state index in [-0.39, 0.29) is 41.7 Å². The smallest absolute Gasteiger partial charge is 0.258 e. The van der Waals surface area contributed by atoms with E-state index in [2.05, 4.69) is 21.3 Å². The molecule has 4 rings (SSSR count). The molecule has 0 radical (unpaired) electrons. The number of nitrogens with one attached hydrogen (secondary N) is 4. The zero-order chi connectivity index (χ0) is 20.4. The Hall–Kier alpha value is -1.45. The van der Waals surface area contributed by atoms with Crippen LogP contribution in [0.3, 0.4) is 0 Å². The summed E-state index contributed by atoms with van der Waals surface area (Å²) in [6, 6.07) is 4.65. The van der Waals surface area contributed by atoms with Crippen molar-refractivity contribution < 1.29 is 18.7 Å². The Kier molecular flexibility index (Phi) is 6.56. The number of piperazine rings is 1. The summed E-state index contributed by atoms with van der Waals surface area (Å²) in [5.74, 6) is 0.621. The predicted molar refractivity (Wildman–Crippen MR) is 107 cm³/mol. The highest BCUT2D eigenvalue weighted by Gasteiger charge is 2.49. The van der Waals surface area contributed by atoms with Crippen LogP contribution in [-0.4, -0.2) is 57.2 Å². The Labute approximate surface area is 175 Å². The average Bonchev–Trinajstić information content (AvgIpc) is 2.90. The van der Waals surface area contributed by atoms with Crippen LogP contribution >= 0.6 is 11.6 Å². The topological polar surface area (TPSA) is 83.7 Å². The van der Waals surface area contributed by atoms with Gasteiger partial charge in [-0.1, -0.05) is 11.6 Å². The molecule has 0 spiro atoms. The maximum atomic E-state index is 13.5. The first-order valence-corrected chi connectivity index (χ1v) is 10.5. The van der Waals surface area contributed by atoms with Crippen molar-refractivity contribution in [1.29, 1.82) is 0 Å². The van der Waals surface area contributed by atoms with Crippen molar-refractivity contribution in [2.75, 3.05) is 26.8 Å². The van der Waals surface area contributed by atoms with Gasteiger partial charge in [-0.05, 0) is 43.2 Å². The van der Waals surface area contributed by atoms with Gasteiger partial charge < -0.3 is 20.1 Å². The maximum Gasteiger partial charge on any atom is 0.258 e. The molecule has 2 saturated carbocycles. The van der Waals surface area contributed by atoms with Crippen molar-refractivity contribution in [1.82, 2.24) is 21.3 Å². The van der Waals surface area contributed by atoms with Crippen molar-refractivity contribution in [3.05, 3.63) is 29.0 Å². The molecular weight excluding hydrogens is 399 g/mol. The Morgan fingerprint density at radius 1 is 1.28 bits per heavy atom. The summed E-state index contributed by atoms with van der Waals surface area (Å²) < 4.78 is 24.3.